The van der Waals surface area contributed by atoms with Crippen LogP contribution >= 0.6 is 15.9 Å². The average Bonchev–Trinajstić information content (AvgIpc) is 2.25. The minimum Gasteiger partial charge on any atom is -0.496 e. The molecule has 0 N–H and O–H groups in total. The zero-order chi connectivity index (χ0) is 12.8. The smallest absolute Gasteiger partial charge is 0.331 e. The fourth-order valence-electron chi connectivity index (χ4n) is 1.26. The molecule has 0 unspecified atom stereocenters. The molecule has 0 amide bonds. The van der Waals surface area contributed by atoms with E-state index in [0.717, 1.165) is 10.0 Å². The molecule has 1 aromatic rings. The van der Waals surface area contributed by atoms with Crippen LogP contribution in [0.1, 0.15) is 19.4 Å². The Morgan fingerprint density at radius 2 is 2.12 bits per heavy atom. The second-order valence-corrected chi connectivity index (χ2v) is 4.62. The first-order valence-corrected chi connectivity index (χ1v) is 6.04. The van der Waals surface area contributed by atoms with Gasteiger partial charge in [0, 0.05) is 16.1 Å². The number of hydrogen-bond acceptors (Lipinski definition) is 3. The largest absolute Gasteiger partial charge is 0.496 e. The van der Waals surface area contributed by atoms with Crippen LogP contribution in [0.25, 0.3) is 6.08 Å². The molecular formula is C13H15BrO3. The molecule has 0 atom stereocenters. The molecule has 1 rings (SSSR count). The van der Waals surface area contributed by atoms with E-state index in [1.165, 1.54) is 6.08 Å². The van der Waals surface area contributed by atoms with Gasteiger partial charge in [0.2, 0.25) is 0 Å². The molecule has 92 valence electrons. The molecule has 0 fully saturated rings. The molecule has 1 aromatic carbocycles. The summed E-state index contributed by atoms with van der Waals surface area (Å²) in [6, 6.07) is 5.58. The minimum atomic E-state index is -0.359. The van der Waals surface area contributed by atoms with Gasteiger partial charge in [-0.05, 0) is 38.1 Å². The van der Waals surface area contributed by atoms with Gasteiger partial charge in [-0.25, -0.2) is 4.79 Å². The van der Waals surface area contributed by atoms with Gasteiger partial charge in [-0.15, -0.1) is 0 Å². The highest BCUT2D eigenvalue weighted by Crippen LogP contribution is 2.24. The maximum atomic E-state index is 11.3. The maximum absolute atomic E-state index is 11.3. The van der Waals surface area contributed by atoms with Crippen molar-refractivity contribution < 1.29 is 14.3 Å². The first-order valence-electron chi connectivity index (χ1n) is 5.25. The van der Waals surface area contributed by atoms with Crippen molar-refractivity contribution in [3.8, 4) is 5.75 Å². The highest BCUT2D eigenvalue weighted by Gasteiger charge is 2.03. The van der Waals surface area contributed by atoms with Gasteiger partial charge in [0.1, 0.15) is 5.75 Å². The highest BCUT2D eigenvalue weighted by molar-refractivity contribution is 9.10. The molecule has 0 spiro atoms. The van der Waals surface area contributed by atoms with Gasteiger partial charge in [-0.1, -0.05) is 15.9 Å². The van der Waals surface area contributed by atoms with Gasteiger partial charge < -0.3 is 9.47 Å². The van der Waals surface area contributed by atoms with Crippen LogP contribution in [0.3, 0.4) is 0 Å². The van der Waals surface area contributed by atoms with Crippen LogP contribution < -0.4 is 4.74 Å². The number of ether oxygens (including phenoxy) is 2. The lowest BCUT2D eigenvalue weighted by atomic mass is 10.2. The molecule has 0 saturated heterocycles. The Hall–Kier alpha value is -1.29. The van der Waals surface area contributed by atoms with E-state index in [9.17, 15) is 4.79 Å². The van der Waals surface area contributed by atoms with E-state index in [1.807, 2.05) is 32.0 Å². The summed E-state index contributed by atoms with van der Waals surface area (Å²) < 4.78 is 11.1. The van der Waals surface area contributed by atoms with Crippen LogP contribution in [0.5, 0.6) is 5.75 Å². The molecular weight excluding hydrogens is 284 g/mol. The number of benzene rings is 1. The average molecular weight is 299 g/mol. The lowest BCUT2D eigenvalue weighted by molar-refractivity contribution is -0.141. The van der Waals surface area contributed by atoms with Crippen LogP contribution in [-0.2, 0) is 9.53 Å². The predicted molar refractivity (Wildman–Crippen MR) is 71.0 cm³/mol. The van der Waals surface area contributed by atoms with Crippen LogP contribution in [-0.4, -0.2) is 19.2 Å². The molecule has 17 heavy (non-hydrogen) atoms. The first-order chi connectivity index (χ1) is 8.02. The van der Waals surface area contributed by atoms with Crippen molar-refractivity contribution in [1.29, 1.82) is 0 Å². The van der Waals surface area contributed by atoms with E-state index in [-0.39, 0.29) is 12.1 Å². The number of rotatable bonds is 4. The molecule has 4 heteroatoms. The Morgan fingerprint density at radius 3 is 2.71 bits per heavy atom. The fraction of sp³-hybridized carbons (Fsp3) is 0.308. The Kier molecular flexibility index (Phi) is 5.22. The highest BCUT2D eigenvalue weighted by atomic mass is 79.9. The molecule has 0 bridgehead atoms. The first kappa shape index (κ1) is 13.8. The minimum absolute atomic E-state index is 0.114. The SMILES string of the molecule is COc1ccc(Br)cc1C=CC(=O)OC(C)C. The van der Waals surface area contributed by atoms with Crippen molar-refractivity contribution in [3.63, 3.8) is 0 Å². The lowest BCUT2D eigenvalue weighted by Gasteiger charge is -2.06. The third kappa shape index (κ3) is 4.61. The van der Waals surface area contributed by atoms with E-state index in [0.29, 0.717) is 5.75 Å². The third-order valence-corrected chi connectivity index (χ3v) is 2.44. The van der Waals surface area contributed by atoms with Gasteiger partial charge in [-0.2, -0.15) is 0 Å². The van der Waals surface area contributed by atoms with Crippen LogP contribution in [0.15, 0.2) is 28.7 Å². The number of carbonyl (C=O) groups is 1. The predicted octanol–water partition coefficient (Wildman–Crippen LogP) is 3.42. The quantitative estimate of drug-likeness (QED) is 0.631. The maximum Gasteiger partial charge on any atom is 0.331 e. The van der Waals surface area contributed by atoms with Crippen LogP contribution in [0, 0.1) is 0 Å². The van der Waals surface area contributed by atoms with E-state index < -0.39 is 0 Å². The Morgan fingerprint density at radius 1 is 1.41 bits per heavy atom. The van der Waals surface area contributed by atoms with Gasteiger partial charge in [-0.3, -0.25) is 0 Å². The number of halogens is 1. The third-order valence-electron chi connectivity index (χ3n) is 1.94. The molecule has 0 aliphatic carbocycles. The number of carbonyl (C=O) groups excluding carboxylic acids is 1. The number of hydrogen-bond donors (Lipinski definition) is 0. The van der Waals surface area contributed by atoms with Crippen molar-refractivity contribution in [3.05, 3.63) is 34.3 Å². The summed E-state index contributed by atoms with van der Waals surface area (Å²) in [5.41, 5.74) is 0.822. The van der Waals surface area contributed by atoms with E-state index >= 15 is 0 Å². The zero-order valence-corrected chi connectivity index (χ0v) is 11.7. The summed E-state index contributed by atoms with van der Waals surface area (Å²) in [5.74, 6) is 0.351. The normalized spacial score (nSPS) is 10.9. The van der Waals surface area contributed by atoms with Crippen LogP contribution in [0.4, 0.5) is 0 Å². The Labute approximate surface area is 110 Å². The molecule has 0 heterocycles. The van der Waals surface area contributed by atoms with E-state index in [4.69, 9.17) is 9.47 Å². The summed E-state index contributed by atoms with van der Waals surface area (Å²) in [4.78, 5) is 11.3. The van der Waals surface area contributed by atoms with Gasteiger partial charge >= 0.3 is 5.97 Å². The van der Waals surface area contributed by atoms with Gasteiger partial charge in [0.05, 0.1) is 13.2 Å². The van der Waals surface area contributed by atoms with Crippen molar-refractivity contribution in [2.24, 2.45) is 0 Å². The summed E-state index contributed by atoms with van der Waals surface area (Å²) in [7, 11) is 1.59. The van der Waals surface area contributed by atoms with E-state index in [2.05, 4.69) is 15.9 Å². The lowest BCUT2D eigenvalue weighted by Crippen LogP contribution is -2.08. The monoisotopic (exact) mass is 298 g/mol. The van der Waals surface area contributed by atoms with Crippen molar-refractivity contribution in [2.45, 2.75) is 20.0 Å². The zero-order valence-electron chi connectivity index (χ0n) is 10.1. The molecule has 3 nitrogen and oxygen atoms in total. The standard InChI is InChI=1S/C13H15BrO3/c1-9(2)17-13(15)7-4-10-8-11(14)5-6-12(10)16-3/h4-9H,1-3H3. The van der Waals surface area contributed by atoms with Crippen molar-refractivity contribution in [1.82, 2.24) is 0 Å². The Balaban J connectivity index is 2.83. The number of esters is 1. The molecule has 0 aliphatic rings. The summed E-state index contributed by atoms with van der Waals surface area (Å²) in [6.45, 7) is 3.62. The second kappa shape index (κ2) is 6.45. The van der Waals surface area contributed by atoms with Gasteiger partial charge in [0.15, 0.2) is 0 Å². The van der Waals surface area contributed by atoms with Gasteiger partial charge in [0.25, 0.3) is 0 Å². The van der Waals surface area contributed by atoms with E-state index in [1.54, 1.807) is 13.2 Å². The Bertz CT molecular complexity index is 425. The summed E-state index contributed by atoms with van der Waals surface area (Å²) in [5, 5.41) is 0. The second-order valence-electron chi connectivity index (χ2n) is 3.71. The summed E-state index contributed by atoms with van der Waals surface area (Å²) >= 11 is 3.37. The molecule has 0 aliphatic heterocycles. The number of methoxy groups -OCH3 is 1. The molecule has 0 radical (unpaired) electrons. The van der Waals surface area contributed by atoms with Crippen LogP contribution in [0.2, 0.25) is 0 Å². The topological polar surface area (TPSA) is 35.5 Å². The molecule has 0 aromatic heterocycles. The fourth-order valence-corrected chi connectivity index (χ4v) is 1.64. The van der Waals surface area contributed by atoms with Crippen molar-refractivity contribution >= 4 is 28.0 Å². The molecule has 0 saturated carbocycles. The van der Waals surface area contributed by atoms with Crippen molar-refractivity contribution in [2.75, 3.05) is 7.11 Å². The summed E-state index contributed by atoms with van der Waals surface area (Å²) in [6.07, 6.45) is 2.95.